The molecule has 106 valence electrons. The lowest BCUT2D eigenvalue weighted by Crippen LogP contribution is -2.42. The van der Waals surface area contributed by atoms with Crippen molar-refractivity contribution in [2.45, 2.75) is 26.0 Å². The van der Waals surface area contributed by atoms with Crippen LogP contribution in [0.2, 0.25) is 0 Å². The zero-order valence-electron chi connectivity index (χ0n) is 11.5. The molecule has 0 aliphatic heterocycles. The standard InChI is InChI=1S/C14H22N2O3/c1-3-16-13(14(15)17)7-8-19-12-6-4-5-11(9-12)10-18-2/h4-6,9,13,16H,3,7-8,10H2,1-2H3,(H2,15,17). The highest BCUT2D eigenvalue weighted by Gasteiger charge is 2.13. The van der Waals surface area contributed by atoms with Crippen LogP contribution in [0.5, 0.6) is 5.75 Å². The molecule has 19 heavy (non-hydrogen) atoms. The highest BCUT2D eigenvalue weighted by atomic mass is 16.5. The molecule has 0 aromatic heterocycles. The second kappa shape index (κ2) is 8.50. The number of ether oxygens (including phenoxy) is 2. The number of rotatable bonds is 9. The number of carbonyl (C=O) groups is 1. The Balaban J connectivity index is 2.43. The molecule has 0 saturated heterocycles. The Morgan fingerprint density at radius 2 is 2.26 bits per heavy atom. The molecule has 1 aromatic rings. The maximum absolute atomic E-state index is 11.2. The molecule has 1 unspecified atom stereocenters. The monoisotopic (exact) mass is 266 g/mol. The lowest BCUT2D eigenvalue weighted by Gasteiger charge is -2.14. The van der Waals surface area contributed by atoms with Crippen LogP contribution in [-0.2, 0) is 16.1 Å². The minimum Gasteiger partial charge on any atom is -0.494 e. The van der Waals surface area contributed by atoms with Crippen LogP contribution in [-0.4, -0.2) is 32.2 Å². The Morgan fingerprint density at radius 1 is 1.47 bits per heavy atom. The van der Waals surface area contributed by atoms with Crippen molar-refractivity contribution < 1.29 is 14.3 Å². The van der Waals surface area contributed by atoms with Gasteiger partial charge in [0.2, 0.25) is 5.91 Å². The molecule has 1 rings (SSSR count). The highest BCUT2D eigenvalue weighted by molar-refractivity contribution is 5.79. The average molecular weight is 266 g/mol. The van der Waals surface area contributed by atoms with Gasteiger partial charge in [-0.05, 0) is 24.2 Å². The van der Waals surface area contributed by atoms with Gasteiger partial charge in [-0.25, -0.2) is 0 Å². The zero-order chi connectivity index (χ0) is 14.1. The summed E-state index contributed by atoms with van der Waals surface area (Å²) in [5.41, 5.74) is 6.35. The van der Waals surface area contributed by atoms with Gasteiger partial charge in [-0.1, -0.05) is 19.1 Å². The van der Waals surface area contributed by atoms with E-state index in [4.69, 9.17) is 15.2 Å². The predicted molar refractivity (Wildman–Crippen MR) is 73.9 cm³/mol. The third-order valence-electron chi connectivity index (χ3n) is 2.68. The van der Waals surface area contributed by atoms with E-state index in [1.54, 1.807) is 7.11 Å². The van der Waals surface area contributed by atoms with Gasteiger partial charge in [-0.2, -0.15) is 0 Å². The van der Waals surface area contributed by atoms with Crippen LogP contribution < -0.4 is 15.8 Å². The molecule has 0 heterocycles. The quantitative estimate of drug-likeness (QED) is 0.701. The number of nitrogens with two attached hydrogens (primary N) is 1. The van der Waals surface area contributed by atoms with E-state index < -0.39 is 0 Å². The molecule has 1 aromatic carbocycles. The molecule has 0 aliphatic carbocycles. The van der Waals surface area contributed by atoms with E-state index in [9.17, 15) is 4.79 Å². The Bertz CT molecular complexity index is 396. The second-order valence-electron chi connectivity index (χ2n) is 4.23. The highest BCUT2D eigenvalue weighted by Crippen LogP contribution is 2.14. The Hall–Kier alpha value is -1.59. The summed E-state index contributed by atoms with van der Waals surface area (Å²) >= 11 is 0. The van der Waals surface area contributed by atoms with Crippen LogP contribution in [0.4, 0.5) is 0 Å². The van der Waals surface area contributed by atoms with Crippen LogP contribution in [0.15, 0.2) is 24.3 Å². The predicted octanol–water partition coefficient (Wildman–Crippen LogP) is 1.07. The maximum atomic E-state index is 11.2. The van der Waals surface area contributed by atoms with Gasteiger partial charge in [0.15, 0.2) is 0 Å². The molecule has 0 saturated carbocycles. The lowest BCUT2D eigenvalue weighted by molar-refractivity contribution is -0.120. The molecule has 0 radical (unpaired) electrons. The summed E-state index contributed by atoms with van der Waals surface area (Å²) in [6.07, 6.45) is 0.553. The number of amides is 1. The van der Waals surface area contributed by atoms with Crippen LogP contribution in [0, 0.1) is 0 Å². The molecule has 0 bridgehead atoms. The van der Waals surface area contributed by atoms with Gasteiger partial charge in [0.25, 0.3) is 0 Å². The van der Waals surface area contributed by atoms with E-state index in [0.29, 0.717) is 26.2 Å². The summed E-state index contributed by atoms with van der Waals surface area (Å²) in [7, 11) is 1.65. The fourth-order valence-corrected chi connectivity index (χ4v) is 1.78. The van der Waals surface area contributed by atoms with E-state index in [1.165, 1.54) is 0 Å². The van der Waals surface area contributed by atoms with Crippen molar-refractivity contribution in [1.82, 2.24) is 5.32 Å². The topological polar surface area (TPSA) is 73.6 Å². The van der Waals surface area contributed by atoms with Crippen molar-refractivity contribution in [3.8, 4) is 5.75 Å². The molecular weight excluding hydrogens is 244 g/mol. The number of hydrogen-bond acceptors (Lipinski definition) is 4. The van der Waals surface area contributed by atoms with Gasteiger partial charge in [0, 0.05) is 13.5 Å². The molecule has 5 heteroatoms. The second-order valence-corrected chi connectivity index (χ2v) is 4.23. The molecule has 3 N–H and O–H groups in total. The number of carbonyl (C=O) groups excluding carboxylic acids is 1. The number of methoxy groups -OCH3 is 1. The number of benzene rings is 1. The fourth-order valence-electron chi connectivity index (χ4n) is 1.78. The Morgan fingerprint density at radius 3 is 2.89 bits per heavy atom. The smallest absolute Gasteiger partial charge is 0.234 e. The molecule has 5 nitrogen and oxygen atoms in total. The van der Waals surface area contributed by atoms with Gasteiger partial charge in [0.05, 0.1) is 19.3 Å². The molecule has 1 amide bonds. The number of likely N-dealkylation sites (N-methyl/N-ethyl adjacent to an activating group) is 1. The minimum atomic E-state index is -0.349. The number of nitrogens with one attached hydrogen (secondary N) is 1. The molecule has 0 spiro atoms. The first-order chi connectivity index (χ1) is 9.17. The Labute approximate surface area is 114 Å². The van der Waals surface area contributed by atoms with E-state index >= 15 is 0 Å². The van der Waals surface area contributed by atoms with E-state index in [2.05, 4.69) is 5.32 Å². The van der Waals surface area contributed by atoms with Crippen LogP contribution in [0.3, 0.4) is 0 Å². The van der Waals surface area contributed by atoms with Crippen molar-refractivity contribution in [2.75, 3.05) is 20.3 Å². The first kappa shape index (κ1) is 15.5. The SMILES string of the molecule is CCNC(CCOc1cccc(COC)c1)C(N)=O. The Kier molecular flexibility index (Phi) is 6.92. The van der Waals surface area contributed by atoms with Gasteiger partial charge in [0.1, 0.15) is 5.75 Å². The van der Waals surface area contributed by atoms with Gasteiger partial charge < -0.3 is 20.5 Å². The largest absolute Gasteiger partial charge is 0.494 e. The van der Waals surface area contributed by atoms with Gasteiger partial charge >= 0.3 is 0 Å². The zero-order valence-corrected chi connectivity index (χ0v) is 11.5. The van der Waals surface area contributed by atoms with E-state index in [-0.39, 0.29) is 11.9 Å². The summed E-state index contributed by atoms with van der Waals surface area (Å²) in [6.45, 7) is 3.64. The van der Waals surface area contributed by atoms with Crippen LogP contribution in [0.25, 0.3) is 0 Å². The molecule has 0 aliphatic rings. The van der Waals surface area contributed by atoms with E-state index in [0.717, 1.165) is 11.3 Å². The van der Waals surface area contributed by atoms with Gasteiger partial charge in [-0.3, -0.25) is 4.79 Å². The molecule has 0 fully saturated rings. The third-order valence-corrected chi connectivity index (χ3v) is 2.68. The first-order valence-electron chi connectivity index (χ1n) is 6.40. The fraction of sp³-hybridized carbons (Fsp3) is 0.500. The summed E-state index contributed by atoms with van der Waals surface area (Å²) in [6, 6.07) is 7.36. The lowest BCUT2D eigenvalue weighted by atomic mass is 10.2. The number of hydrogen-bond donors (Lipinski definition) is 2. The van der Waals surface area contributed by atoms with E-state index in [1.807, 2.05) is 31.2 Å². The summed E-state index contributed by atoms with van der Waals surface area (Å²) < 4.78 is 10.7. The van der Waals surface area contributed by atoms with Crippen LogP contribution >= 0.6 is 0 Å². The normalized spacial score (nSPS) is 12.1. The maximum Gasteiger partial charge on any atom is 0.234 e. The van der Waals surface area contributed by atoms with Crippen molar-refractivity contribution in [2.24, 2.45) is 5.73 Å². The first-order valence-corrected chi connectivity index (χ1v) is 6.40. The van der Waals surface area contributed by atoms with Crippen molar-refractivity contribution in [3.05, 3.63) is 29.8 Å². The molecular formula is C14H22N2O3. The summed E-state index contributed by atoms with van der Waals surface area (Å²) in [5.74, 6) is 0.424. The summed E-state index contributed by atoms with van der Waals surface area (Å²) in [5, 5.41) is 3.03. The van der Waals surface area contributed by atoms with Crippen molar-refractivity contribution >= 4 is 5.91 Å². The third kappa shape index (κ3) is 5.72. The molecule has 1 atom stereocenters. The number of primary amides is 1. The minimum absolute atomic E-state index is 0.341. The summed E-state index contributed by atoms with van der Waals surface area (Å²) in [4.78, 5) is 11.2. The van der Waals surface area contributed by atoms with Crippen molar-refractivity contribution in [1.29, 1.82) is 0 Å². The van der Waals surface area contributed by atoms with Crippen molar-refractivity contribution in [3.63, 3.8) is 0 Å². The average Bonchev–Trinajstić information content (AvgIpc) is 2.38. The van der Waals surface area contributed by atoms with Gasteiger partial charge in [-0.15, -0.1) is 0 Å². The van der Waals surface area contributed by atoms with Crippen LogP contribution in [0.1, 0.15) is 18.9 Å².